The number of carbonyl (C=O) groups is 1. The molecule has 1 spiro atoms. The molecule has 36 heavy (non-hydrogen) atoms. The smallest absolute Gasteiger partial charge is 0.333 e. The Morgan fingerprint density at radius 1 is 1.00 bits per heavy atom. The number of hydrogen-bond donors (Lipinski definition) is 1. The van der Waals surface area contributed by atoms with Gasteiger partial charge in [0.25, 0.3) is 0 Å². The maximum Gasteiger partial charge on any atom is 0.438 e. The normalized spacial score (nSPS) is 24.1. The first-order chi connectivity index (χ1) is 17.4. The van der Waals surface area contributed by atoms with Crippen molar-refractivity contribution in [3.05, 3.63) is 72.9 Å². The van der Waals surface area contributed by atoms with Crippen molar-refractivity contribution in [3.8, 4) is 5.95 Å². The molecule has 9 nitrogen and oxygen atoms in total. The van der Waals surface area contributed by atoms with E-state index in [1.807, 2.05) is 34.6 Å². The molecule has 0 atom stereocenters. The van der Waals surface area contributed by atoms with Crippen LogP contribution in [0.25, 0.3) is 17.1 Å². The third kappa shape index (κ3) is 3.53. The van der Waals surface area contributed by atoms with Gasteiger partial charge < -0.3 is 9.88 Å². The molecule has 184 valence electrons. The van der Waals surface area contributed by atoms with Gasteiger partial charge in [0.05, 0.1) is 24.5 Å². The maximum absolute atomic E-state index is 13.1. The number of amides is 2. The Morgan fingerprint density at radius 3 is 2.42 bits per heavy atom. The van der Waals surface area contributed by atoms with E-state index in [-0.39, 0.29) is 17.1 Å². The van der Waals surface area contributed by atoms with E-state index in [0.29, 0.717) is 18.2 Å². The summed E-state index contributed by atoms with van der Waals surface area (Å²) in [6.45, 7) is 0.623. The lowest BCUT2D eigenvalue weighted by Crippen LogP contribution is -2.54. The van der Waals surface area contributed by atoms with Crippen molar-refractivity contribution in [2.24, 2.45) is 7.05 Å². The molecule has 2 aliphatic rings. The molecule has 0 radical (unpaired) electrons. The van der Waals surface area contributed by atoms with Crippen LogP contribution in [0.5, 0.6) is 0 Å². The van der Waals surface area contributed by atoms with Crippen LogP contribution in [0.15, 0.2) is 67.4 Å². The number of aromatic nitrogens is 5. The minimum atomic E-state index is -0.236. The van der Waals surface area contributed by atoms with Crippen molar-refractivity contribution >= 4 is 22.9 Å². The van der Waals surface area contributed by atoms with Gasteiger partial charge in [-0.2, -0.15) is 4.57 Å². The first-order valence-electron chi connectivity index (χ1n) is 12.4. The molecule has 1 aromatic carbocycles. The molecule has 4 aromatic rings. The topological polar surface area (TPSA) is 83.1 Å². The van der Waals surface area contributed by atoms with Crippen LogP contribution in [0.1, 0.15) is 31.2 Å². The number of aryl methyl sites for hydroxylation is 1. The summed E-state index contributed by atoms with van der Waals surface area (Å²) in [5.41, 5.74) is 3.58. The summed E-state index contributed by atoms with van der Waals surface area (Å²) in [5, 5.41) is 3.32. The lowest BCUT2D eigenvalue weighted by Gasteiger charge is -2.48. The summed E-state index contributed by atoms with van der Waals surface area (Å²) < 4.78 is 3.87. The van der Waals surface area contributed by atoms with E-state index in [2.05, 4.69) is 69.6 Å². The Labute approximate surface area is 210 Å². The van der Waals surface area contributed by atoms with E-state index < -0.39 is 0 Å². The molecule has 1 saturated heterocycles. The van der Waals surface area contributed by atoms with Crippen molar-refractivity contribution in [3.63, 3.8) is 0 Å². The summed E-state index contributed by atoms with van der Waals surface area (Å²) in [4.78, 5) is 30.8. The Hall–Kier alpha value is -3.85. The molecule has 3 aromatic heterocycles. The SMILES string of the molecule is CN(C)C1(c2ccccc2)CCC2(CC1)CN(c1cnc(-[n+]3ccnc4c3ccn4C)nc1)C(=O)N2. The van der Waals surface area contributed by atoms with E-state index in [4.69, 9.17) is 0 Å². The number of anilines is 1. The molecule has 0 unspecified atom stereocenters. The van der Waals surface area contributed by atoms with Crippen molar-refractivity contribution in [1.82, 2.24) is 29.7 Å². The molecule has 9 heteroatoms. The first kappa shape index (κ1) is 22.6. The minimum Gasteiger partial charge on any atom is -0.333 e. The van der Waals surface area contributed by atoms with E-state index in [9.17, 15) is 4.79 Å². The Balaban J connectivity index is 1.22. The van der Waals surface area contributed by atoms with Crippen molar-refractivity contribution in [2.75, 3.05) is 25.5 Å². The Morgan fingerprint density at radius 2 is 1.72 bits per heavy atom. The predicted molar refractivity (Wildman–Crippen MR) is 137 cm³/mol. The second-order valence-corrected chi connectivity index (χ2v) is 10.3. The number of benzene rings is 1. The van der Waals surface area contributed by atoms with E-state index in [1.165, 1.54) is 5.56 Å². The molecule has 1 aliphatic heterocycles. The second kappa shape index (κ2) is 8.37. The number of nitrogens with zero attached hydrogens (tertiary/aromatic N) is 7. The Bertz CT molecular complexity index is 1410. The Kier molecular flexibility index (Phi) is 5.26. The van der Waals surface area contributed by atoms with Crippen molar-refractivity contribution < 1.29 is 9.36 Å². The highest BCUT2D eigenvalue weighted by molar-refractivity contribution is 5.95. The van der Waals surface area contributed by atoms with E-state index in [0.717, 1.165) is 36.8 Å². The highest BCUT2D eigenvalue weighted by atomic mass is 16.2. The van der Waals surface area contributed by atoms with E-state index in [1.54, 1.807) is 23.5 Å². The molecule has 0 bridgehead atoms. The van der Waals surface area contributed by atoms with Gasteiger partial charge in [0.15, 0.2) is 11.2 Å². The molecule has 4 heterocycles. The van der Waals surface area contributed by atoms with Gasteiger partial charge in [-0.15, -0.1) is 0 Å². The molecule has 2 fully saturated rings. The van der Waals surface area contributed by atoms with Crippen LogP contribution < -0.4 is 14.8 Å². The summed E-state index contributed by atoms with van der Waals surface area (Å²) in [7, 11) is 6.28. The number of carbonyl (C=O) groups excluding carboxylic acids is 1. The third-order valence-electron chi connectivity index (χ3n) is 8.12. The standard InChI is InChI=1S/C27H30N8O/c1-32(2)27(20-7-5-4-6-8-20)12-10-26(11-13-27)19-35(25(36)31-26)21-17-29-24(30-18-21)34-16-14-28-23-22(34)9-15-33(23)3/h4-9,14-18H,10-13,19H2,1-3H3/p+1. The lowest BCUT2D eigenvalue weighted by molar-refractivity contribution is -0.575. The van der Waals surface area contributed by atoms with Gasteiger partial charge >= 0.3 is 12.0 Å². The zero-order valence-corrected chi connectivity index (χ0v) is 20.9. The fourth-order valence-electron chi connectivity index (χ4n) is 5.94. The van der Waals surface area contributed by atoms with Crippen LogP contribution in [0.2, 0.25) is 0 Å². The van der Waals surface area contributed by atoms with Gasteiger partial charge in [0, 0.05) is 18.8 Å². The van der Waals surface area contributed by atoms with Crippen LogP contribution >= 0.6 is 0 Å². The second-order valence-electron chi connectivity index (χ2n) is 10.3. The van der Waals surface area contributed by atoms with Crippen molar-refractivity contribution in [2.45, 2.75) is 36.8 Å². The summed E-state index contributed by atoms with van der Waals surface area (Å²) in [6.07, 6.45) is 12.8. The maximum atomic E-state index is 13.1. The number of hydrogen-bond acceptors (Lipinski definition) is 5. The zero-order valence-electron chi connectivity index (χ0n) is 20.9. The predicted octanol–water partition coefficient (Wildman–Crippen LogP) is 2.94. The highest BCUT2D eigenvalue weighted by Gasteiger charge is 2.50. The number of rotatable bonds is 4. The monoisotopic (exact) mass is 483 g/mol. The average Bonchev–Trinajstić information content (AvgIpc) is 3.44. The zero-order chi connectivity index (χ0) is 24.9. The summed E-state index contributed by atoms with van der Waals surface area (Å²) in [5.74, 6) is 0.544. The van der Waals surface area contributed by atoms with Crippen LogP contribution in [0.4, 0.5) is 10.5 Å². The first-order valence-corrected chi connectivity index (χ1v) is 12.4. The average molecular weight is 484 g/mol. The van der Waals surface area contributed by atoms with Crippen LogP contribution in [0.3, 0.4) is 0 Å². The van der Waals surface area contributed by atoms with Gasteiger partial charge in [-0.1, -0.05) is 40.3 Å². The molecular weight excluding hydrogens is 452 g/mol. The minimum absolute atomic E-state index is 0.0139. The van der Waals surface area contributed by atoms with Crippen molar-refractivity contribution in [1.29, 1.82) is 0 Å². The largest absolute Gasteiger partial charge is 0.438 e. The number of fused-ring (bicyclic) bond motifs is 1. The summed E-state index contributed by atoms with van der Waals surface area (Å²) >= 11 is 0. The highest BCUT2D eigenvalue weighted by Crippen LogP contribution is 2.46. The van der Waals surface area contributed by atoms with E-state index >= 15 is 0 Å². The lowest BCUT2D eigenvalue weighted by atomic mass is 9.69. The molecule has 1 aliphatic carbocycles. The number of urea groups is 1. The third-order valence-corrected chi connectivity index (χ3v) is 8.12. The summed E-state index contributed by atoms with van der Waals surface area (Å²) in [6, 6.07) is 12.6. The van der Waals surface area contributed by atoms with Crippen LogP contribution in [-0.4, -0.2) is 56.6 Å². The van der Waals surface area contributed by atoms with Gasteiger partial charge in [-0.3, -0.25) is 9.80 Å². The molecule has 6 rings (SSSR count). The number of nitrogens with one attached hydrogen (secondary N) is 1. The molecule has 1 saturated carbocycles. The molecule has 2 amide bonds. The fourth-order valence-corrected chi connectivity index (χ4v) is 5.94. The van der Waals surface area contributed by atoms with Gasteiger partial charge in [0.2, 0.25) is 0 Å². The van der Waals surface area contributed by atoms with Crippen LogP contribution in [0, 0.1) is 0 Å². The van der Waals surface area contributed by atoms with Crippen LogP contribution in [-0.2, 0) is 12.6 Å². The van der Waals surface area contributed by atoms with Gasteiger partial charge in [-0.25, -0.2) is 9.78 Å². The quantitative estimate of drug-likeness (QED) is 0.452. The molecule has 1 N–H and O–H groups in total. The molecular formula is C27H31N8O+. The van der Waals surface area contributed by atoms with Gasteiger partial charge in [0.1, 0.15) is 18.1 Å². The fraction of sp³-hybridized carbons (Fsp3) is 0.370. The van der Waals surface area contributed by atoms with Gasteiger partial charge in [-0.05, 0) is 51.4 Å².